The van der Waals surface area contributed by atoms with E-state index in [9.17, 15) is 8.42 Å². The standard InChI is InChI=1S/C22H29N3O2S2/c1-22(2,3)18-9-5-17(6-10-18)15-25-20(14-23-21(25)28)13-16-7-11-19(12-8-16)24-29(4,26)27/h5-12,20,24H,13-15H2,1-4H3,(H,23,28). The zero-order chi connectivity index (χ0) is 21.2. The Bertz CT molecular complexity index is 963. The van der Waals surface area contributed by atoms with Crippen LogP contribution in [-0.4, -0.2) is 37.3 Å². The highest BCUT2D eigenvalue weighted by atomic mass is 32.2. The number of hydrogen-bond donors (Lipinski definition) is 2. The monoisotopic (exact) mass is 431 g/mol. The number of benzene rings is 2. The van der Waals surface area contributed by atoms with Crippen LogP contribution >= 0.6 is 12.2 Å². The summed E-state index contributed by atoms with van der Waals surface area (Å²) in [5, 5.41) is 4.09. The van der Waals surface area contributed by atoms with E-state index in [1.54, 1.807) is 12.1 Å². The topological polar surface area (TPSA) is 61.4 Å². The minimum atomic E-state index is -3.26. The molecule has 1 saturated heterocycles. The van der Waals surface area contributed by atoms with Crippen LogP contribution in [0.15, 0.2) is 48.5 Å². The van der Waals surface area contributed by atoms with E-state index >= 15 is 0 Å². The summed E-state index contributed by atoms with van der Waals surface area (Å²) in [5.41, 5.74) is 4.43. The Morgan fingerprint density at radius 2 is 1.66 bits per heavy atom. The lowest BCUT2D eigenvalue weighted by atomic mass is 9.87. The van der Waals surface area contributed by atoms with Crippen LogP contribution in [0, 0.1) is 0 Å². The molecule has 0 radical (unpaired) electrons. The number of hydrogen-bond acceptors (Lipinski definition) is 3. The smallest absolute Gasteiger partial charge is 0.229 e. The van der Waals surface area contributed by atoms with Gasteiger partial charge in [-0.05, 0) is 52.9 Å². The fraction of sp³-hybridized carbons (Fsp3) is 0.409. The number of rotatable bonds is 6. The molecule has 1 fully saturated rings. The molecule has 1 unspecified atom stereocenters. The van der Waals surface area contributed by atoms with E-state index in [2.05, 4.69) is 60.0 Å². The Morgan fingerprint density at radius 1 is 1.07 bits per heavy atom. The van der Waals surface area contributed by atoms with Gasteiger partial charge in [-0.2, -0.15) is 0 Å². The maximum atomic E-state index is 11.4. The molecule has 3 rings (SSSR count). The van der Waals surface area contributed by atoms with Gasteiger partial charge in [-0.15, -0.1) is 0 Å². The third-order valence-electron chi connectivity index (χ3n) is 5.09. The van der Waals surface area contributed by atoms with Gasteiger partial charge in [0.1, 0.15) is 0 Å². The third-order valence-corrected chi connectivity index (χ3v) is 6.08. The molecule has 7 heteroatoms. The molecule has 2 aromatic carbocycles. The summed E-state index contributed by atoms with van der Waals surface area (Å²) in [5.74, 6) is 0. The zero-order valence-electron chi connectivity index (χ0n) is 17.4. The van der Waals surface area contributed by atoms with Crippen LogP contribution in [0.2, 0.25) is 0 Å². The summed E-state index contributed by atoms with van der Waals surface area (Å²) in [6, 6.07) is 16.6. The Balaban J connectivity index is 1.67. The van der Waals surface area contributed by atoms with Gasteiger partial charge in [-0.3, -0.25) is 4.72 Å². The van der Waals surface area contributed by atoms with Crippen molar-refractivity contribution >= 4 is 33.0 Å². The van der Waals surface area contributed by atoms with Gasteiger partial charge >= 0.3 is 0 Å². The maximum absolute atomic E-state index is 11.4. The van der Waals surface area contributed by atoms with Gasteiger partial charge in [0.2, 0.25) is 10.0 Å². The van der Waals surface area contributed by atoms with E-state index < -0.39 is 10.0 Å². The number of anilines is 1. The third kappa shape index (κ3) is 5.93. The first-order valence-corrected chi connectivity index (χ1v) is 12.0. The highest BCUT2D eigenvalue weighted by Gasteiger charge is 2.28. The fourth-order valence-corrected chi connectivity index (χ4v) is 4.33. The predicted molar refractivity (Wildman–Crippen MR) is 124 cm³/mol. The minimum Gasteiger partial charge on any atom is -0.360 e. The normalized spacial score (nSPS) is 17.3. The molecule has 0 aromatic heterocycles. The quantitative estimate of drug-likeness (QED) is 0.684. The Labute approximate surface area is 179 Å². The molecule has 1 aliphatic heterocycles. The van der Waals surface area contributed by atoms with Crippen LogP contribution in [0.3, 0.4) is 0 Å². The molecule has 0 bridgehead atoms. The van der Waals surface area contributed by atoms with Crippen LogP contribution in [-0.2, 0) is 28.4 Å². The number of sulfonamides is 1. The van der Waals surface area contributed by atoms with Gasteiger partial charge in [0.05, 0.1) is 12.3 Å². The lowest BCUT2D eigenvalue weighted by Crippen LogP contribution is -2.34. The number of thiocarbonyl (C=S) groups is 1. The lowest BCUT2D eigenvalue weighted by molar-refractivity contribution is 0.343. The van der Waals surface area contributed by atoms with E-state index in [-0.39, 0.29) is 11.5 Å². The van der Waals surface area contributed by atoms with Gasteiger partial charge in [0.25, 0.3) is 0 Å². The maximum Gasteiger partial charge on any atom is 0.229 e. The molecule has 29 heavy (non-hydrogen) atoms. The van der Waals surface area contributed by atoms with Crippen molar-refractivity contribution in [1.82, 2.24) is 10.2 Å². The summed E-state index contributed by atoms with van der Waals surface area (Å²) in [6.07, 6.45) is 1.99. The highest BCUT2D eigenvalue weighted by Crippen LogP contribution is 2.24. The summed E-state index contributed by atoms with van der Waals surface area (Å²) in [7, 11) is -3.26. The van der Waals surface area contributed by atoms with Crippen LogP contribution in [0.1, 0.15) is 37.5 Å². The van der Waals surface area contributed by atoms with Crippen molar-refractivity contribution in [3.63, 3.8) is 0 Å². The van der Waals surface area contributed by atoms with Crippen LogP contribution in [0.25, 0.3) is 0 Å². The zero-order valence-corrected chi connectivity index (χ0v) is 19.0. The predicted octanol–water partition coefficient (Wildman–Crippen LogP) is 3.66. The van der Waals surface area contributed by atoms with E-state index in [1.165, 1.54) is 11.1 Å². The van der Waals surface area contributed by atoms with Crippen LogP contribution < -0.4 is 10.0 Å². The van der Waals surface area contributed by atoms with E-state index in [0.717, 1.165) is 36.4 Å². The van der Waals surface area contributed by atoms with Crippen molar-refractivity contribution in [3.05, 3.63) is 65.2 Å². The Morgan fingerprint density at radius 3 is 2.21 bits per heavy atom. The molecule has 0 amide bonds. The summed E-state index contributed by atoms with van der Waals surface area (Å²) in [4.78, 5) is 2.24. The average Bonchev–Trinajstić information content (AvgIpc) is 2.95. The first-order chi connectivity index (χ1) is 13.5. The molecule has 2 aromatic rings. The van der Waals surface area contributed by atoms with Crippen molar-refractivity contribution in [2.24, 2.45) is 0 Å². The van der Waals surface area contributed by atoms with Crippen LogP contribution in [0.4, 0.5) is 5.69 Å². The molecule has 2 N–H and O–H groups in total. The van der Waals surface area contributed by atoms with Crippen molar-refractivity contribution in [2.45, 2.75) is 45.2 Å². The minimum absolute atomic E-state index is 0.143. The van der Waals surface area contributed by atoms with Crippen LogP contribution in [0.5, 0.6) is 0 Å². The molecule has 1 aliphatic rings. The first kappa shape index (κ1) is 21.6. The molecule has 0 saturated carbocycles. The first-order valence-electron chi connectivity index (χ1n) is 9.72. The second kappa shape index (κ2) is 8.32. The van der Waals surface area contributed by atoms with Gasteiger partial charge in [-0.1, -0.05) is 57.2 Å². The molecule has 5 nitrogen and oxygen atoms in total. The van der Waals surface area contributed by atoms with E-state index in [1.807, 2.05) is 12.1 Å². The SMILES string of the molecule is CC(C)(C)c1ccc(CN2C(=S)NCC2Cc2ccc(NS(C)(=O)=O)cc2)cc1. The Hall–Kier alpha value is -2.12. The molecular weight excluding hydrogens is 402 g/mol. The molecule has 156 valence electrons. The highest BCUT2D eigenvalue weighted by molar-refractivity contribution is 7.92. The number of nitrogens with one attached hydrogen (secondary N) is 2. The second-order valence-electron chi connectivity index (χ2n) is 8.69. The van der Waals surface area contributed by atoms with E-state index in [0.29, 0.717) is 5.69 Å². The van der Waals surface area contributed by atoms with Crippen molar-refractivity contribution in [1.29, 1.82) is 0 Å². The molecule has 0 aliphatic carbocycles. The van der Waals surface area contributed by atoms with Crippen molar-refractivity contribution in [2.75, 3.05) is 17.5 Å². The lowest BCUT2D eigenvalue weighted by Gasteiger charge is -2.26. The fourth-order valence-electron chi connectivity index (χ4n) is 3.47. The molecule has 0 spiro atoms. The van der Waals surface area contributed by atoms with Crippen molar-refractivity contribution < 1.29 is 8.42 Å². The summed E-state index contributed by atoms with van der Waals surface area (Å²) >= 11 is 5.54. The summed E-state index contributed by atoms with van der Waals surface area (Å²) in [6.45, 7) is 8.23. The van der Waals surface area contributed by atoms with Crippen molar-refractivity contribution in [3.8, 4) is 0 Å². The molecule has 1 heterocycles. The van der Waals surface area contributed by atoms with Gasteiger partial charge < -0.3 is 10.2 Å². The van der Waals surface area contributed by atoms with Gasteiger partial charge in [-0.25, -0.2) is 8.42 Å². The van der Waals surface area contributed by atoms with Gasteiger partial charge in [0, 0.05) is 18.8 Å². The molecular formula is C22H29N3O2S2. The second-order valence-corrected chi connectivity index (χ2v) is 10.8. The largest absolute Gasteiger partial charge is 0.360 e. The average molecular weight is 432 g/mol. The van der Waals surface area contributed by atoms with Gasteiger partial charge in [0.15, 0.2) is 5.11 Å². The van der Waals surface area contributed by atoms with E-state index in [4.69, 9.17) is 12.2 Å². The molecule has 1 atom stereocenters. The Kier molecular flexibility index (Phi) is 6.19. The number of nitrogens with zero attached hydrogens (tertiary/aromatic N) is 1. The summed E-state index contributed by atoms with van der Waals surface area (Å²) < 4.78 is 25.2.